The molecule has 0 spiro atoms. The lowest BCUT2D eigenvalue weighted by Gasteiger charge is -2.19. The summed E-state index contributed by atoms with van der Waals surface area (Å²) in [5.74, 6) is -0.445. The lowest BCUT2D eigenvalue weighted by molar-refractivity contribution is 0.0635. The smallest absolute Gasteiger partial charge is 0.412 e. The van der Waals surface area contributed by atoms with Gasteiger partial charge in [0.25, 0.3) is 0 Å². The minimum atomic E-state index is -0.607. The third-order valence-corrected chi connectivity index (χ3v) is 3.17. The van der Waals surface area contributed by atoms with E-state index in [9.17, 15) is 14.0 Å². The van der Waals surface area contributed by atoms with Gasteiger partial charge in [0.05, 0.1) is 11.4 Å². The number of ether oxygens (including phenoxy) is 1. The number of nitrogens with zero attached hydrogens (tertiary/aromatic N) is 1. The van der Waals surface area contributed by atoms with Gasteiger partial charge in [0.15, 0.2) is 5.78 Å². The van der Waals surface area contributed by atoms with Crippen LogP contribution in [0.4, 0.5) is 14.9 Å². The molecular weight excluding hydrogens is 311 g/mol. The van der Waals surface area contributed by atoms with E-state index in [4.69, 9.17) is 4.74 Å². The Morgan fingerprint density at radius 2 is 1.83 bits per heavy atom. The first-order valence-corrected chi connectivity index (χ1v) is 7.59. The number of benzene rings is 1. The van der Waals surface area contributed by atoms with Crippen molar-refractivity contribution < 1.29 is 18.7 Å². The van der Waals surface area contributed by atoms with Crippen LogP contribution < -0.4 is 5.32 Å². The van der Waals surface area contributed by atoms with E-state index in [0.29, 0.717) is 17.9 Å². The Labute approximate surface area is 140 Å². The predicted octanol–water partition coefficient (Wildman–Crippen LogP) is 4.23. The topological polar surface area (TPSA) is 60.3 Å². The maximum atomic E-state index is 13.0. The maximum absolute atomic E-state index is 13.0. The molecule has 1 aromatic heterocycles. The van der Waals surface area contributed by atoms with Gasteiger partial charge in [0.2, 0.25) is 0 Å². The second-order valence-electron chi connectivity index (χ2n) is 6.55. The summed E-state index contributed by atoms with van der Waals surface area (Å²) in [5, 5.41) is 2.61. The molecule has 0 saturated carbocycles. The van der Waals surface area contributed by atoms with Gasteiger partial charge < -0.3 is 9.30 Å². The van der Waals surface area contributed by atoms with Crippen LogP contribution in [0, 0.1) is 5.82 Å². The van der Waals surface area contributed by atoms with Crippen LogP contribution >= 0.6 is 0 Å². The van der Waals surface area contributed by atoms with Gasteiger partial charge >= 0.3 is 6.09 Å². The average molecular weight is 332 g/mol. The number of carbonyl (C=O) groups is 2. The Kier molecular flexibility index (Phi) is 5.07. The van der Waals surface area contributed by atoms with Crippen LogP contribution in [0.5, 0.6) is 0 Å². The molecule has 0 fully saturated rings. The highest BCUT2D eigenvalue weighted by atomic mass is 19.1. The number of halogens is 1. The van der Waals surface area contributed by atoms with E-state index in [1.807, 2.05) is 0 Å². The van der Waals surface area contributed by atoms with Gasteiger partial charge in [-0.05, 0) is 44.5 Å². The molecule has 0 aliphatic heterocycles. The minimum Gasteiger partial charge on any atom is -0.444 e. The molecular formula is C18H21FN2O3. The van der Waals surface area contributed by atoms with Gasteiger partial charge in [-0.2, -0.15) is 0 Å². The molecule has 0 atom stereocenters. The van der Waals surface area contributed by atoms with Crippen LogP contribution in [-0.4, -0.2) is 22.0 Å². The monoisotopic (exact) mass is 332 g/mol. The summed E-state index contributed by atoms with van der Waals surface area (Å²) in [7, 11) is 0. The van der Waals surface area contributed by atoms with Gasteiger partial charge in [-0.3, -0.25) is 10.1 Å². The Morgan fingerprint density at radius 1 is 1.21 bits per heavy atom. The molecule has 0 bridgehead atoms. The third kappa shape index (κ3) is 4.94. The molecule has 0 aliphatic carbocycles. The zero-order chi connectivity index (χ0) is 17.9. The van der Waals surface area contributed by atoms with Crippen molar-refractivity contribution in [3.8, 4) is 0 Å². The molecule has 5 nitrogen and oxygen atoms in total. The van der Waals surface area contributed by atoms with Crippen molar-refractivity contribution >= 4 is 17.6 Å². The Balaban J connectivity index is 2.19. The van der Waals surface area contributed by atoms with Crippen molar-refractivity contribution in [2.45, 2.75) is 39.8 Å². The first-order valence-electron chi connectivity index (χ1n) is 7.59. The highest BCUT2D eigenvalue weighted by Gasteiger charge is 2.18. The molecule has 1 aromatic carbocycles. The van der Waals surface area contributed by atoms with E-state index >= 15 is 0 Å². The van der Waals surface area contributed by atoms with Gasteiger partial charge in [0, 0.05) is 19.7 Å². The molecule has 24 heavy (non-hydrogen) atoms. The predicted molar refractivity (Wildman–Crippen MR) is 89.8 cm³/mol. The zero-order valence-corrected chi connectivity index (χ0v) is 14.2. The summed E-state index contributed by atoms with van der Waals surface area (Å²) in [6.07, 6.45) is 1.07. The molecule has 0 saturated heterocycles. The molecule has 0 aliphatic rings. The number of nitrogens with one attached hydrogen (secondary N) is 1. The SMILES string of the molecule is CC(=O)c1cc(NC(=O)OC(C)(C)C)cn1Cc1ccc(F)cc1. The van der Waals surface area contributed by atoms with Crippen molar-refractivity contribution in [1.29, 1.82) is 0 Å². The van der Waals surface area contributed by atoms with E-state index in [2.05, 4.69) is 5.32 Å². The summed E-state index contributed by atoms with van der Waals surface area (Å²) in [5.41, 5.74) is 1.16. The van der Waals surface area contributed by atoms with Crippen LogP contribution in [0.25, 0.3) is 0 Å². The normalized spacial score (nSPS) is 11.2. The number of hydrogen-bond donors (Lipinski definition) is 1. The average Bonchev–Trinajstić information content (AvgIpc) is 2.82. The molecule has 6 heteroatoms. The molecule has 2 aromatic rings. The fraction of sp³-hybridized carbons (Fsp3) is 0.333. The fourth-order valence-corrected chi connectivity index (χ4v) is 2.22. The highest BCUT2D eigenvalue weighted by molar-refractivity contribution is 5.95. The number of aromatic nitrogens is 1. The number of ketones is 1. The van der Waals surface area contributed by atoms with Crippen LogP contribution in [-0.2, 0) is 11.3 Å². The minimum absolute atomic E-state index is 0.130. The summed E-state index contributed by atoms with van der Waals surface area (Å²) in [6.45, 7) is 7.16. The lowest BCUT2D eigenvalue weighted by atomic mass is 10.2. The molecule has 1 heterocycles. The van der Waals surface area contributed by atoms with Crippen molar-refractivity contribution in [3.63, 3.8) is 0 Å². The van der Waals surface area contributed by atoms with Crippen molar-refractivity contribution in [2.75, 3.05) is 5.32 Å². The molecule has 2 rings (SSSR count). The highest BCUT2D eigenvalue weighted by Crippen LogP contribution is 2.18. The summed E-state index contributed by atoms with van der Waals surface area (Å²) in [4.78, 5) is 23.7. The van der Waals surface area contributed by atoms with E-state index < -0.39 is 11.7 Å². The fourth-order valence-electron chi connectivity index (χ4n) is 2.22. The number of rotatable bonds is 4. The van der Waals surface area contributed by atoms with E-state index in [-0.39, 0.29) is 11.6 Å². The number of amides is 1. The van der Waals surface area contributed by atoms with Crippen molar-refractivity contribution in [1.82, 2.24) is 4.57 Å². The van der Waals surface area contributed by atoms with Gasteiger partial charge in [-0.25, -0.2) is 9.18 Å². The van der Waals surface area contributed by atoms with Crippen molar-refractivity contribution in [2.24, 2.45) is 0 Å². The second kappa shape index (κ2) is 6.86. The number of Topliss-reactive ketones (excluding diaryl/α,β-unsaturated/α-hetero) is 1. The molecule has 0 radical (unpaired) electrons. The van der Waals surface area contributed by atoms with Crippen LogP contribution in [0.1, 0.15) is 43.7 Å². The molecule has 128 valence electrons. The second-order valence-corrected chi connectivity index (χ2v) is 6.55. The van der Waals surface area contributed by atoms with Gasteiger partial charge in [0.1, 0.15) is 11.4 Å². The first kappa shape index (κ1) is 17.7. The zero-order valence-electron chi connectivity index (χ0n) is 14.2. The van der Waals surface area contributed by atoms with E-state index in [1.165, 1.54) is 19.1 Å². The van der Waals surface area contributed by atoms with Gasteiger partial charge in [-0.15, -0.1) is 0 Å². The maximum Gasteiger partial charge on any atom is 0.412 e. The number of hydrogen-bond acceptors (Lipinski definition) is 3. The Bertz CT molecular complexity index is 743. The van der Waals surface area contributed by atoms with E-state index in [0.717, 1.165) is 5.56 Å². The summed E-state index contributed by atoms with van der Waals surface area (Å²) < 4.78 is 19.9. The Morgan fingerprint density at radius 3 is 2.38 bits per heavy atom. The van der Waals surface area contributed by atoms with Gasteiger partial charge in [-0.1, -0.05) is 12.1 Å². The van der Waals surface area contributed by atoms with Crippen LogP contribution in [0.2, 0.25) is 0 Å². The summed E-state index contributed by atoms with van der Waals surface area (Å²) >= 11 is 0. The lowest BCUT2D eigenvalue weighted by Crippen LogP contribution is -2.27. The van der Waals surface area contributed by atoms with Crippen LogP contribution in [0.15, 0.2) is 36.5 Å². The number of carbonyl (C=O) groups excluding carboxylic acids is 2. The van der Waals surface area contributed by atoms with Crippen LogP contribution in [0.3, 0.4) is 0 Å². The number of anilines is 1. The molecule has 0 unspecified atom stereocenters. The summed E-state index contributed by atoms with van der Waals surface area (Å²) in [6, 6.07) is 7.63. The van der Waals surface area contributed by atoms with Crippen molar-refractivity contribution in [3.05, 3.63) is 53.6 Å². The Hall–Kier alpha value is -2.63. The molecule has 1 amide bonds. The standard InChI is InChI=1S/C18H21FN2O3/c1-12(22)16-9-15(20-17(23)24-18(2,3)4)11-21(16)10-13-5-7-14(19)8-6-13/h5-9,11H,10H2,1-4H3,(H,20,23). The van der Waals surface area contributed by atoms with E-state index in [1.54, 1.807) is 49.7 Å². The largest absolute Gasteiger partial charge is 0.444 e. The quantitative estimate of drug-likeness (QED) is 0.853. The first-order chi connectivity index (χ1) is 11.1. The third-order valence-electron chi connectivity index (χ3n) is 3.17. The molecule has 1 N–H and O–H groups in total.